The molecule has 1 unspecified atom stereocenters. The van der Waals surface area contributed by atoms with Gasteiger partial charge in [-0.1, -0.05) is 6.07 Å². The Morgan fingerprint density at radius 2 is 2.26 bits per heavy atom. The van der Waals surface area contributed by atoms with E-state index in [1.165, 1.54) is 0 Å². The van der Waals surface area contributed by atoms with Crippen molar-refractivity contribution in [2.45, 2.75) is 25.8 Å². The van der Waals surface area contributed by atoms with E-state index >= 15 is 0 Å². The normalized spacial score (nSPS) is 18.5. The van der Waals surface area contributed by atoms with Crippen LogP contribution in [0.1, 0.15) is 30.5 Å². The van der Waals surface area contributed by atoms with Gasteiger partial charge in [0, 0.05) is 18.3 Å². The van der Waals surface area contributed by atoms with Crippen LogP contribution in [0.15, 0.2) is 18.2 Å². The van der Waals surface area contributed by atoms with Gasteiger partial charge in [0.05, 0.1) is 12.4 Å². The highest BCUT2D eigenvalue weighted by molar-refractivity contribution is 7.89. The minimum atomic E-state index is -3.30. The lowest BCUT2D eigenvalue weighted by molar-refractivity contribution is 0.163. The number of ether oxygens (including phenoxy) is 1. The standard InChI is InChI=1S/C13H20N2O3S/c1-2-18-7-8-19(16,17)15-13-6-3-10-9-11(14)4-5-12(10)13/h4-5,9,13,15H,2-3,6-8,14H2,1H3. The Labute approximate surface area is 114 Å². The summed E-state index contributed by atoms with van der Waals surface area (Å²) in [6.45, 7) is 2.60. The summed E-state index contributed by atoms with van der Waals surface area (Å²) in [5.41, 5.74) is 8.62. The minimum Gasteiger partial charge on any atom is -0.399 e. The van der Waals surface area contributed by atoms with Gasteiger partial charge in [-0.05, 0) is 43.0 Å². The summed E-state index contributed by atoms with van der Waals surface area (Å²) in [6, 6.07) is 5.50. The molecule has 0 aliphatic heterocycles. The second-order valence-corrected chi connectivity index (χ2v) is 6.56. The van der Waals surface area contributed by atoms with Crippen molar-refractivity contribution in [2.24, 2.45) is 0 Å². The molecule has 0 aromatic heterocycles. The van der Waals surface area contributed by atoms with Crippen LogP contribution in [0.3, 0.4) is 0 Å². The lowest BCUT2D eigenvalue weighted by atomic mass is 10.1. The molecule has 1 aliphatic rings. The predicted octanol–water partition coefficient (Wildman–Crippen LogP) is 1.21. The summed E-state index contributed by atoms with van der Waals surface area (Å²) >= 11 is 0. The molecular formula is C13H20N2O3S. The second kappa shape index (κ2) is 5.90. The number of hydrogen-bond acceptors (Lipinski definition) is 4. The molecule has 0 amide bonds. The quantitative estimate of drug-likeness (QED) is 0.608. The van der Waals surface area contributed by atoms with E-state index in [9.17, 15) is 8.42 Å². The van der Waals surface area contributed by atoms with Crippen LogP contribution in [0.2, 0.25) is 0 Å². The average molecular weight is 284 g/mol. The van der Waals surface area contributed by atoms with Crippen molar-refractivity contribution in [1.82, 2.24) is 4.72 Å². The molecule has 1 aromatic rings. The molecule has 0 fully saturated rings. The highest BCUT2D eigenvalue weighted by atomic mass is 32.2. The minimum absolute atomic E-state index is 0.00163. The van der Waals surface area contributed by atoms with Gasteiger partial charge < -0.3 is 10.5 Å². The third kappa shape index (κ3) is 3.68. The smallest absolute Gasteiger partial charge is 0.214 e. The monoisotopic (exact) mass is 284 g/mol. The number of sulfonamides is 1. The van der Waals surface area contributed by atoms with Crippen molar-refractivity contribution in [3.8, 4) is 0 Å². The van der Waals surface area contributed by atoms with E-state index in [1.54, 1.807) is 0 Å². The summed E-state index contributed by atoms with van der Waals surface area (Å²) < 4.78 is 31.7. The summed E-state index contributed by atoms with van der Waals surface area (Å²) in [7, 11) is -3.30. The maximum Gasteiger partial charge on any atom is 0.214 e. The molecule has 1 atom stereocenters. The number of aryl methyl sites for hydroxylation is 1. The van der Waals surface area contributed by atoms with Crippen molar-refractivity contribution in [3.05, 3.63) is 29.3 Å². The number of anilines is 1. The first kappa shape index (κ1) is 14.3. The zero-order valence-electron chi connectivity index (χ0n) is 11.1. The Hall–Kier alpha value is -1.11. The average Bonchev–Trinajstić information content (AvgIpc) is 2.71. The van der Waals surface area contributed by atoms with Crippen molar-refractivity contribution in [1.29, 1.82) is 0 Å². The Bertz CT molecular complexity index is 543. The summed E-state index contributed by atoms with van der Waals surface area (Å²) in [5.74, 6) is 0.00163. The molecule has 5 nitrogen and oxygen atoms in total. The van der Waals surface area contributed by atoms with Crippen LogP contribution in [0.25, 0.3) is 0 Å². The van der Waals surface area contributed by atoms with E-state index in [4.69, 9.17) is 10.5 Å². The maximum absolute atomic E-state index is 11.9. The summed E-state index contributed by atoms with van der Waals surface area (Å²) in [6.07, 6.45) is 1.64. The van der Waals surface area contributed by atoms with E-state index in [1.807, 2.05) is 25.1 Å². The van der Waals surface area contributed by atoms with Gasteiger partial charge in [-0.2, -0.15) is 0 Å². The molecule has 6 heteroatoms. The van der Waals surface area contributed by atoms with Crippen LogP contribution in [-0.2, 0) is 21.2 Å². The lowest BCUT2D eigenvalue weighted by Gasteiger charge is -2.14. The number of hydrogen-bond donors (Lipinski definition) is 2. The molecule has 19 heavy (non-hydrogen) atoms. The number of rotatable bonds is 6. The van der Waals surface area contributed by atoms with Gasteiger partial charge in [0.2, 0.25) is 10.0 Å². The molecule has 1 aromatic carbocycles. The predicted molar refractivity (Wildman–Crippen MR) is 75.3 cm³/mol. The van der Waals surface area contributed by atoms with E-state index < -0.39 is 10.0 Å². The van der Waals surface area contributed by atoms with Crippen LogP contribution in [-0.4, -0.2) is 27.4 Å². The van der Waals surface area contributed by atoms with Crippen molar-refractivity contribution >= 4 is 15.7 Å². The van der Waals surface area contributed by atoms with Crippen LogP contribution < -0.4 is 10.5 Å². The Morgan fingerprint density at radius 1 is 1.47 bits per heavy atom. The maximum atomic E-state index is 11.9. The molecular weight excluding hydrogens is 264 g/mol. The number of nitrogen functional groups attached to an aromatic ring is 1. The molecule has 3 N–H and O–H groups in total. The van der Waals surface area contributed by atoms with Crippen molar-refractivity contribution < 1.29 is 13.2 Å². The van der Waals surface area contributed by atoms with Crippen molar-refractivity contribution in [3.63, 3.8) is 0 Å². The van der Waals surface area contributed by atoms with Crippen LogP contribution >= 0.6 is 0 Å². The third-order valence-electron chi connectivity index (χ3n) is 3.27. The molecule has 2 rings (SSSR count). The number of fused-ring (bicyclic) bond motifs is 1. The Kier molecular flexibility index (Phi) is 4.44. The van der Waals surface area contributed by atoms with Gasteiger partial charge in [-0.3, -0.25) is 0 Å². The van der Waals surface area contributed by atoms with E-state index in [2.05, 4.69) is 4.72 Å². The first-order valence-electron chi connectivity index (χ1n) is 6.48. The third-order valence-corrected chi connectivity index (χ3v) is 4.61. The van der Waals surface area contributed by atoms with Gasteiger partial charge in [-0.25, -0.2) is 13.1 Å². The highest BCUT2D eigenvalue weighted by Crippen LogP contribution is 2.32. The summed E-state index contributed by atoms with van der Waals surface area (Å²) in [4.78, 5) is 0. The molecule has 0 saturated heterocycles. The molecule has 0 radical (unpaired) electrons. The first-order valence-corrected chi connectivity index (χ1v) is 8.13. The lowest BCUT2D eigenvalue weighted by Crippen LogP contribution is -2.31. The topological polar surface area (TPSA) is 81.4 Å². The molecule has 106 valence electrons. The van der Waals surface area contributed by atoms with E-state index in [0.717, 1.165) is 29.7 Å². The fourth-order valence-electron chi connectivity index (χ4n) is 2.35. The van der Waals surface area contributed by atoms with Gasteiger partial charge in [0.15, 0.2) is 0 Å². The largest absolute Gasteiger partial charge is 0.399 e. The SMILES string of the molecule is CCOCCS(=O)(=O)NC1CCc2cc(N)ccc21. The van der Waals surface area contributed by atoms with E-state index in [-0.39, 0.29) is 18.4 Å². The number of nitrogens with two attached hydrogens (primary N) is 1. The van der Waals surface area contributed by atoms with Gasteiger partial charge in [0.1, 0.15) is 0 Å². The van der Waals surface area contributed by atoms with Gasteiger partial charge >= 0.3 is 0 Å². The van der Waals surface area contributed by atoms with Crippen LogP contribution in [0, 0.1) is 0 Å². The first-order chi connectivity index (χ1) is 9.02. The van der Waals surface area contributed by atoms with E-state index in [0.29, 0.717) is 6.61 Å². The van der Waals surface area contributed by atoms with Gasteiger partial charge in [-0.15, -0.1) is 0 Å². The molecule has 0 saturated carbocycles. The fourth-order valence-corrected chi connectivity index (χ4v) is 3.48. The van der Waals surface area contributed by atoms with Gasteiger partial charge in [0.25, 0.3) is 0 Å². The van der Waals surface area contributed by atoms with Crippen molar-refractivity contribution in [2.75, 3.05) is 24.7 Å². The molecule has 1 aliphatic carbocycles. The Morgan fingerprint density at radius 3 is 3.00 bits per heavy atom. The zero-order chi connectivity index (χ0) is 13.9. The number of benzene rings is 1. The van der Waals surface area contributed by atoms with Crippen LogP contribution in [0.5, 0.6) is 0 Å². The second-order valence-electron chi connectivity index (χ2n) is 4.68. The Balaban J connectivity index is 2.02. The fraction of sp³-hybridized carbons (Fsp3) is 0.538. The molecule has 0 heterocycles. The highest BCUT2D eigenvalue weighted by Gasteiger charge is 2.26. The molecule has 0 spiro atoms. The number of nitrogens with one attached hydrogen (secondary N) is 1. The zero-order valence-corrected chi connectivity index (χ0v) is 11.9. The van der Waals surface area contributed by atoms with Crippen LogP contribution in [0.4, 0.5) is 5.69 Å². The summed E-state index contributed by atoms with van der Waals surface area (Å²) in [5, 5.41) is 0. The molecule has 0 bridgehead atoms.